The summed E-state index contributed by atoms with van der Waals surface area (Å²) in [7, 11) is 0. The van der Waals surface area contributed by atoms with E-state index < -0.39 is 0 Å². The Morgan fingerprint density at radius 1 is 1.58 bits per heavy atom. The second kappa shape index (κ2) is 6.43. The lowest BCUT2D eigenvalue weighted by Gasteiger charge is -2.33. The first-order valence-corrected chi connectivity index (χ1v) is 7.74. The molecular weight excluding hydrogens is 262 g/mol. The van der Waals surface area contributed by atoms with Crippen LogP contribution in [0.5, 0.6) is 0 Å². The third-order valence-electron chi connectivity index (χ3n) is 3.47. The van der Waals surface area contributed by atoms with E-state index in [1.54, 1.807) is 11.8 Å². The van der Waals surface area contributed by atoms with Crippen LogP contribution in [0.3, 0.4) is 0 Å². The molecule has 1 aliphatic heterocycles. The first kappa shape index (κ1) is 14.4. The maximum absolute atomic E-state index is 12.1. The average Bonchev–Trinajstić information content (AvgIpc) is 2.70. The van der Waals surface area contributed by atoms with Crippen LogP contribution in [-0.2, 0) is 10.5 Å². The Hall–Kier alpha value is -1.01. The lowest BCUT2D eigenvalue weighted by molar-refractivity contribution is -0.131. The number of hydrogen-bond donors (Lipinski definition) is 1. The predicted molar refractivity (Wildman–Crippen MR) is 76.2 cm³/mol. The molecule has 2 rings (SSSR count). The smallest absolute Gasteiger partial charge is 0.232 e. The van der Waals surface area contributed by atoms with E-state index in [-0.39, 0.29) is 5.91 Å². The van der Waals surface area contributed by atoms with Crippen molar-refractivity contribution in [1.29, 1.82) is 0 Å². The summed E-state index contributed by atoms with van der Waals surface area (Å²) < 4.78 is 5.12. The molecule has 1 atom stereocenters. The van der Waals surface area contributed by atoms with E-state index in [1.807, 2.05) is 18.7 Å². The maximum Gasteiger partial charge on any atom is 0.232 e. The molecule has 106 valence electrons. The van der Waals surface area contributed by atoms with Crippen molar-refractivity contribution in [3.63, 3.8) is 0 Å². The topological polar surface area (TPSA) is 58.4 Å². The minimum absolute atomic E-state index is 0.228. The number of thioether (sulfide) groups is 1. The van der Waals surface area contributed by atoms with Crippen LogP contribution in [0.1, 0.15) is 23.9 Å². The SMILES string of the molecule is Cc1noc(C)c1CSCC(=O)N1CCNC[C@H]1C. The summed E-state index contributed by atoms with van der Waals surface area (Å²) in [5.74, 6) is 2.39. The highest BCUT2D eigenvalue weighted by molar-refractivity contribution is 7.99. The van der Waals surface area contributed by atoms with Crippen molar-refractivity contribution < 1.29 is 9.32 Å². The highest BCUT2D eigenvalue weighted by Crippen LogP contribution is 2.20. The predicted octanol–water partition coefficient (Wildman–Crippen LogP) is 1.34. The Labute approximate surface area is 118 Å². The third kappa shape index (κ3) is 3.51. The van der Waals surface area contributed by atoms with Crippen LogP contribution in [0.4, 0.5) is 0 Å². The molecule has 0 spiro atoms. The molecule has 0 bridgehead atoms. The van der Waals surface area contributed by atoms with Crippen LogP contribution < -0.4 is 5.32 Å². The summed E-state index contributed by atoms with van der Waals surface area (Å²) in [4.78, 5) is 14.1. The zero-order valence-corrected chi connectivity index (χ0v) is 12.5. The molecule has 2 heterocycles. The summed E-state index contributed by atoms with van der Waals surface area (Å²) in [5.41, 5.74) is 2.04. The third-order valence-corrected chi connectivity index (χ3v) is 4.42. The van der Waals surface area contributed by atoms with Crippen LogP contribution in [0.15, 0.2) is 4.52 Å². The van der Waals surface area contributed by atoms with Gasteiger partial charge in [-0.2, -0.15) is 0 Å². The minimum atomic E-state index is 0.228. The van der Waals surface area contributed by atoms with Crippen molar-refractivity contribution >= 4 is 17.7 Å². The molecule has 1 N–H and O–H groups in total. The van der Waals surface area contributed by atoms with E-state index in [0.29, 0.717) is 11.8 Å². The van der Waals surface area contributed by atoms with Gasteiger partial charge in [-0.05, 0) is 20.8 Å². The Bertz CT molecular complexity index is 428. The molecule has 0 aliphatic carbocycles. The summed E-state index contributed by atoms with van der Waals surface area (Å²) >= 11 is 1.63. The number of carbonyl (C=O) groups excluding carboxylic acids is 1. The number of hydrogen-bond acceptors (Lipinski definition) is 5. The summed E-state index contributed by atoms with van der Waals surface area (Å²) in [6.45, 7) is 8.53. The molecule has 1 fully saturated rings. The molecular formula is C13H21N3O2S. The number of aryl methyl sites for hydroxylation is 2. The van der Waals surface area contributed by atoms with Crippen molar-refractivity contribution in [3.8, 4) is 0 Å². The van der Waals surface area contributed by atoms with Gasteiger partial charge >= 0.3 is 0 Å². The zero-order chi connectivity index (χ0) is 13.8. The van der Waals surface area contributed by atoms with Gasteiger partial charge in [0, 0.05) is 37.0 Å². The lowest BCUT2D eigenvalue weighted by Crippen LogP contribution is -2.52. The molecule has 5 nitrogen and oxygen atoms in total. The Morgan fingerprint density at radius 2 is 2.37 bits per heavy atom. The Morgan fingerprint density at radius 3 is 3.00 bits per heavy atom. The van der Waals surface area contributed by atoms with Gasteiger partial charge in [0.15, 0.2) is 0 Å². The number of nitrogens with zero attached hydrogens (tertiary/aromatic N) is 2. The van der Waals surface area contributed by atoms with E-state index in [2.05, 4.69) is 17.4 Å². The van der Waals surface area contributed by atoms with Crippen LogP contribution in [0.2, 0.25) is 0 Å². The normalized spacial score (nSPS) is 19.7. The van der Waals surface area contributed by atoms with Crippen molar-refractivity contribution in [2.75, 3.05) is 25.4 Å². The van der Waals surface area contributed by atoms with E-state index >= 15 is 0 Å². The molecule has 1 aromatic rings. The highest BCUT2D eigenvalue weighted by atomic mass is 32.2. The summed E-state index contributed by atoms with van der Waals surface area (Å²) in [5, 5.41) is 7.22. The molecule has 0 aromatic carbocycles. The number of carbonyl (C=O) groups is 1. The van der Waals surface area contributed by atoms with E-state index in [1.165, 1.54) is 0 Å². The fourth-order valence-corrected chi connectivity index (χ4v) is 3.30. The van der Waals surface area contributed by atoms with E-state index in [4.69, 9.17) is 4.52 Å². The first-order chi connectivity index (χ1) is 9.09. The molecule has 0 saturated carbocycles. The van der Waals surface area contributed by atoms with Crippen molar-refractivity contribution in [2.45, 2.75) is 32.6 Å². The van der Waals surface area contributed by atoms with E-state index in [0.717, 1.165) is 42.4 Å². The van der Waals surface area contributed by atoms with Gasteiger partial charge < -0.3 is 14.7 Å². The van der Waals surface area contributed by atoms with Crippen molar-refractivity contribution in [1.82, 2.24) is 15.4 Å². The van der Waals surface area contributed by atoms with Crippen LogP contribution in [0.25, 0.3) is 0 Å². The fourth-order valence-electron chi connectivity index (χ4n) is 2.24. The lowest BCUT2D eigenvalue weighted by atomic mass is 10.2. The number of piperazine rings is 1. The molecule has 1 aliphatic rings. The zero-order valence-electron chi connectivity index (χ0n) is 11.7. The maximum atomic E-state index is 12.1. The quantitative estimate of drug-likeness (QED) is 0.904. The first-order valence-electron chi connectivity index (χ1n) is 6.59. The minimum Gasteiger partial charge on any atom is -0.361 e. The van der Waals surface area contributed by atoms with Gasteiger partial charge in [-0.15, -0.1) is 11.8 Å². The Balaban J connectivity index is 1.81. The molecule has 6 heteroatoms. The van der Waals surface area contributed by atoms with Gasteiger partial charge in [0.25, 0.3) is 0 Å². The highest BCUT2D eigenvalue weighted by Gasteiger charge is 2.22. The number of aromatic nitrogens is 1. The van der Waals surface area contributed by atoms with Crippen LogP contribution >= 0.6 is 11.8 Å². The average molecular weight is 283 g/mol. The molecule has 1 amide bonds. The van der Waals surface area contributed by atoms with Gasteiger partial charge in [-0.1, -0.05) is 5.16 Å². The number of amides is 1. The summed E-state index contributed by atoms with van der Waals surface area (Å²) in [6.07, 6.45) is 0. The van der Waals surface area contributed by atoms with Crippen LogP contribution in [-0.4, -0.2) is 47.4 Å². The van der Waals surface area contributed by atoms with Crippen molar-refractivity contribution in [2.24, 2.45) is 0 Å². The fraction of sp³-hybridized carbons (Fsp3) is 0.692. The molecule has 1 aromatic heterocycles. The number of rotatable bonds is 4. The monoisotopic (exact) mass is 283 g/mol. The van der Waals surface area contributed by atoms with Gasteiger partial charge in [0.2, 0.25) is 5.91 Å². The second-order valence-corrected chi connectivity index (χ2v) is 5.92. The molecule has 0 unspecified atom stereocenters. The van der Waals surface area contributed by atoms with Gasteiger partial charge in [-0.25, -0.2) is 0 Å². The molecule has 1 saturated heterocycles. The van der Waals surface area contributed by atoms with Gasteiger partial charge in [-0.3, -0.25) is 4.79 Å². The number of nitrogens with one attached hydrogen (secondary N) is 1. The standard InChI is InChI=1S/C13H21N3O2S/c1-9-6-14-4-5-16(9)13(17)8-19-7-12-10(2)15-18-11(12)3/h9,14H,4-8H2,1-3H3/t9-/m1/s1. The summed E-state index contributed by atoms with van der Waals surface area (Å²) in [6, 6.07) is 0.293. The Kier molecular flexibility index (Phi) is 4.87. The van der Waals surface area contributed by atoms with Gasteiger partial charge in [0.1, 0.15) is 5.76 Å². The van der Waals surface area contributed by atoms with Crippen molar-refractivity contribution in [3.05, 3.63) is 17.0 Å². The second-order valence-electron chi connectivity index (χ2n) is 4.94. The largest absolute Gasteiger partial charge is 0.361 e. The molecule has 19 heavy (non-hydrogen) atoms. The van der Waals surface area contributed by atoms with Crippen LogP contribution in [0, 0.1) is 13.8 Å². The van der Waals surface area contributed by atoms with Gasteiger partial charge in [0.05, 0.1) is 11.4 Å². The molecule has 0 radical (unpaired) electrons. The van der Waals surface area contributed by atoms with E-state index in [9.17, 15) is 4.79 Å².